The molecule has 0 amide bonds. The van der Waals surface area contributed by atoms with Crippen LogP contribution < -0.4 is 5.48 Å². The van der Waals surface area contributed by atoms with Gasteiger partial charge in [0.15, 0.2) is 0 Å². The summed E-state index contributed by atoms with van der Waals surface area (Å²) >= 11 is 0. The number of nitrogens with one attached hydrogen (secondary N) is 1. The van der Waals surface area contributed by atoms with Crippen LogP contribution in [0.5, 0.6) is 0 Å². The first-order valence-corrected chi connectivity index (χ1v) is 4.46. The van der Waals surface area contributed by atoms with Gasteiger partial charge in [-0.15, -0.1) is 0 Å². The van der Waals surface area contributed by atoms with Crippen molar-refractivity contribution in [2.45, 2.75) is 52.7 Å². The van der Waals surface area contributed by atoms with Gasteiger partial charge < -0.3 is 0 Å². The molecule has 0 bridgehead atoms. The molecule has 0 radical (unpaired) electrons. The van der Waals surface area contributed by atoms with Crippen LogP contribution in [-0.4, -0.2) is 12.1 Å². The molecule has 2 heteroatoms. The summed E-state index contributed by atoms with van der Waals surface area (Å²) in [5.74, 6) is 0. The van der Waals surface area contributed by atoms with Crippen LogP contribution >= 0.6 is 0 Å². The third kappa shape index (κ3) is 2.46. The van der Waals surface area contributed by atoms with Crippen molar-refractivity contribution in [2.75, 3.05) is 0 Å². The Balaban J connectivity index is 2.16. The van der Waals surface area contributed by atoms with Crippen LogP contribution in [-0.2, 0) is 4.84 Å². The highest BCUT2D eigenvalue weighted by Gasteiger charge is 2.42. The van der Waals surface area contributed by atoms with E-state index in [1.54, 1.807) is 0 Å². The Morgan fingerprint density at radius 1 is 1.27 bits per heavy atom. The van der Waals surface area contributed by atoms with Gasteiger partial charge in [-0.3, -0.25) is 4.84 Å². The molecule has 1 atom stereocenters. The van der Waals surface area contributed by atoms with E-state index in [1.807, 2.05) is 13.8 Å². The molecule has 0 aromatic heterocycles. The minimum absolute atomic E-state index is 0.278. The molecule has 0 saturated heterocycles. The smallest absolute Gasteiger partial charge is 0.0734 e. The quantitative estimate of drug-likeness (QED) is 0.631. The van der Waals surface area contributed by atoms with Gasteiger partial charge in [0.05, 0.1) is 6.10 Å². The maximum Gasteiger partial charge on any atom is 0.0734 e. The van der Waals surface area contributed by atoms with Gasteiger partial charge in [-0.05, 0) is 39.0 Å². The Kier molecular flexibility index (Phi) is 2.55. The van der Waals surface area contributed by atoms with Gasteiger partial charge in [0.1, 0.15) is 0 Å². The van der Waals surface area contributed by atoms with Crippen LogP contribution in [0.1, 0.15) is 40.5 Å². The predicted molar refractivity (Wildman–Crippen MR) is 46.2 cm³/mol. The van der Waals surface area contributed by atoms with Crippen LogP contribution in [0.4, 0.5) is 0 Å². The molecule has 66 valence electrons. The van der Waals surface area contributed by atoms with Crippen LogP contribution in [0, 0.1) is 5.41 Å². The second kappa shape index (κ2) is 3.11. The molecule has 1 N–H and O–H groups in total. The van der Waals surface area contributed by atoms with Crippen LogP contribution in [0.25, 0.3) is 0 Å². The van der Waals surface area contributed by atoms with E-state index in [1.165, 1.54) is 12.8 Å². The molecule has 0 heterocycles. The number of rotatable bonds is 4. The van der Waals surface area contributed by atoms with Crippen LogP contribution in [0.15, 0.2) is 0 Å². The monoisotopic (exact) mass is 157 g/mol. The van der Waals surface area contributed by atoms with Crippen molar-refractivity contribution in [1.29, 1.82) is 0 Å². The highest BCUT2D eigenvalue weighted by atomic mass is 16.7. The number of hydrogen-bond acceptors (Lipinski definition) is 2. The SMILES string of the molecule is CC(C)ONC(C)C1(C)CC1. The molecular weight excluding hydrogens is 138 g/mol. The van der Waals surface area contributed by atoms with Crippen LogP contribution in [0.3, 0.4) is 0 Å². The first-order chi connectivity index (χ1) is 5.04. The summed E-state index contributed by atoms with van der Waals surface area (Å²) < 4.78 is 0. The van der Waals surface area contributed by atoms with E-state index in [0.29, 0.717) is 11.5 Å². The molecule has 1 rings (SSSR count). The molecule has 11 heavy (non-hydrogen) atoms. The van der Waals surface area contributed by atoms with Gasteiger partial charge in [-0.2, -0.15) is 5.48 Å². The molecule has 0 aliphatic heterocycles. The molecule has 1 saturated carbocycles. The van der Waals surface area contributed by atoms with Crippen molar-refractivity contribution in [3.05, 3.63) is 0 Å². The lowest BCUT2D eigenvalue weighted by atomic mass is 10.0. The molecule has 0 aromatic rings. The standard InChI is InChI=1S/C9H19NO/c1-7(2)11-10-8(3)9(4)5-6-9/h7-8,10H,5-6H2,1-4H3. The normalized spacial score (nSPS) is 23.7. The van der Waals surface area contributed by atoms with E-state index >= 15 is 0 Å². The lowest BCUT2D eigenvalue weighted by Gasteiger charge is -2.21. The fraction of sp³-hybridized carbons (Fsp3) is 1.00. The molecule has 1 unspecified atom stereocenters. The molecule has 1 fully saturated rings. The summed E-state index contributed by atoms with van der Waals surface area (Å²) in [6.07, 6.45) is 2.95. The zero-order chi connectivity index (χ0) is 8.48. The van der Waals surface area contributed by atoms with Crippen molar-refractivity contribution in [3.63, 3.8) is 0 Å². The molecular formula is C9H19NO. The van der Waals surface area contributed by atoms with Gasteiger partial charge in [-0.1, -0.05) is 6.92 Å². The van der Waals surface area contributed by atoms with Crippen molar-refractivity contribution >= 4 is 0 Å². The number of hydroxylamine groups is 1. The fourth-order valence-electron chi connectivity index (χ4n) is 1.01. The minimum Gasteiger partial charge on any atom is -0.299 e. The van der Waals surface area contributed by atoms with Gasteiger partial charge in [0.25, 0.3) is 0 Å². The molecule has 1 aliphatic rings. The van der Waals surface area contributed by atoms with Crippen molar-refractivity contribution < 1.29 is 4.84 Å². The summed E-state index contributed by atoms with van der Waals surface area (Å²) in [5.41, 5.74) is 3.59. The second-order valence-electron chi connectivity index (χ2n) is 4.16. The largest absolute Gasteiger partial charge is 0.299 e. The third-order valence-corrected chi connectivity index (χ3v) is 2.56. The molecule has 0 aromatic carbocycles. The van der Waals surface area contributed by atoms with Crippen LogP contribution in [0.2, 0.25) is 0 Å². The number of hydrogen-bond donors (Lipinski definition) is 1. The van der Waals surface area contributed by atoms with E-state index in [2.05, 4.69) is 19.3 Å². The van der Waals surface area contributed by atoms with E-state index in [0.717, 1.165) is 0 Å². The summed E-state index contributed by atoms with van der Waals surface area (Å²) in [5, 5.41) is 0. The zero-order valence-electron chi connectivity index (χ0n) is 7.98. The zero-order valence-corrected chi connectivity index (χ0v) is 7.98. The van der Waals surface area contributed by atoms with Gasteiger partial charge in [0, 0.05) is 6.04 Å². The Bertz CT molecular complexity index is 130. The lowest BCUT2D eigenvalue weighted by Crippen LogP contribution is -2.35. The Morgan fingerprint density at radius 2 is 1.82 bits per heavy atom. The van der Waals surface area contributed by atoms with E-state index in [-0.39, 0.29) is 6.10 Å². The topological polar surface area (TPSA) is 21.3 Å². The van der Waals surface area contributed by atoms with Crippen molar-refractivity contribution in [3.8, 4) is 0 Å². The fourth-order valence-corrected chi connectivity index (χ4v) is 1.01. The Morgan fingerprint density at radius 3 is 2.18 bits per heavy atom. The summed E-state index contributed by atoms with van der Waals surface area (Å²) in [7, 11) is 0. The minimum atomic E-state index is 0.278. The predicted octanol–water partition coefficient (Wildman–Crippen LogP) is 2.10. The maximum atomic E-state index is 5.32. The highest BCUT2D eigenvalue weighted by molar-refractivity contribution is 4.95. The summed E-state index contributed by atoms with van der Waals surface area (Å²) in [6.45, 7) is 8.56. The molecule has 0 spiro atoms. The van der Waals surface area contributed by atoms with Gasteiger partial charge in [0.2, 0.25) is 0 Å². The maximum absolute atomic E-state index is 5.32. The average molecular weight is 157 g/mol. The Hall–Kier alpha value is -0.0800. The molecule has 1 aliphatic carbocycles. The molecule has 2 nitrogen and oxygen atoms in total. The van der Waals surface area contributed by atoms with Crippen molar-refractivity contribution in [1.82, 2.24) is 5.48 Å². The van der Waals surface area contributed by atoms with Gasteiger partial charge >= 0.3 is 0 Å². The highest BCUT2D eigenvalue weighted by Crippen LogP contribution is 2.47. The van der Waals surface area contributed by atoms with E-state index < -0.39 is 0 Å². The lowest BCUT2D eigenvalue weighted by molar-refractivity contribution is -0.0350. The van der Waals surface area contributed by atoms with Crippen molar-refractivity contribution in [2.24, 2.45) is 5.41 Å². The van der Waals surface area contributed by atoms with Gasteiger partial charge in [-0.25, -0.2) is 0 Å². The second-order valence-corrected chi connectivity index (χ2v) is 4.16. The summed E-state index contributed by atoms with van der Waals surface area (Å²) in [4.78, 5) is 5.32. The average Bonchev–Trinajstić information content (AvgIpc) is 2.64. The third-order valence-electron chi connectivity index (χ3n) is 2.56. The summed E-state index contributed by atoms with van der Waals surface area (Å²) in [6, 6.07) is 0.491. The first kappa shape index (κ1) is 9.01. The first-order valence-electron chi connectivity index (χ1n) is 4.46. The van der Waals surface area contributed by atoms with E-state index in [4.69, 9.17) is 4.84 Å². The van der Waals surface area contributed by atoms with E-state index in [9.17, 15) is 0 Å². The Labute approximate surface area is 69.3 Å².